The Hall–Kier alpha value is -2.92. The number of hydrogen-bond donors (Lipinski definition) is 1. The van der Waals surface area contributed by atoms with E-state index >= 15 is 0 Å². The van der Waals surface area contributed by atoms with E-state index in [0.29, 0.717) is 24.4 Å². The molecule has 0 unspecified atom stereocenters. The minimum atomic E-state index is -0.282. The van der Waals surface area contributed by atoms with E-state index in [1.165, 1.54) is 0 Å². The lowest BCUT2D eigenvalue weighted by atomic mass is 10.1. The number of hydrogen-bond acceptors (Lipinski definition) is 3. The third kappa shape index (κ3) is 4.58. The summed E-state index contributed by atoms with van der Waals surface area (Å²) in [5.74, 6) is -0.429. The van der Waals surface area contributed by atoms with Crippen LogP contribution < -0.4 is 5.32 Å². The van der Waals surface area contributed by atoms with Gasteiger partial charge < -0.3 is 15.1 Å². The van der Waals surface area contributed by atoms with Gasteiger partial charge in [-0.25, -0.2) is 0 Å². The molecule has 0 radical (unpaired) electrons. The van der Waals surface area contributed by atoms with Crippen LogP contribution in [0.4, 0.5) is 0 Å². The molecule has 1 heterocycles. The van der Waals surface area contributed by atoms with Crippen molar-refractivity contribution in [3.63, 3.8) is 0 Å². The first-order chi connectivity index (χ1) is 12.6. The van der Waals surface area contributed by atoms with Crippen LogP contribution in [0, 0.1) is 0 Å². The van der Waals surface area contributed by atoms with Crippen molar-refractivity contribution < 1.29 is 9.59 Å². The molecule has 2 amide bonds. The smallest absolute Gasteiger partial charge is 0.270 e. The van der Waals surface area contributed by atoms with Crippen molar-refractivity contribution in [1.29, 1.82) is 0 Å². The van der Waals surface area contributed by atoms with E-state index in [-0.39, 0.29) is 11.8 Å². The lowest BCUT2D eigenvalue weighted by Gasteiger charge is -2.33. The Labute approximate surface area is 153 Å². The van der Waals surface area contributed by atoms with Crippen LogP contribution in [0.5, 0.6) is 0 Å². The van der Waals surface area contributed by atoms with Crippen LogP contribution in [0.25, 0.3) is 6.08 Å². The van der Waals surface area contributed by atoms with Gasteiger partial charge in [0.15, 0.2) is 0 Å². The summed E-state index contributed by atoms with van der Waals surface area (Å²) in [7, 11) is 2.04. The molecule has 5 nitrogen and oxygen atoms in total. The normalized spacial score (nSPS) is 15.6. The summed E-state index contributed by atoms with van der Waals surface area (Å²) in [6, 6.07) is 18.5. The molecular formula is C21H23N3O2. The number of carbonyl (C=O) groups is 2. The molecule has 26 heavy (non-hydrogen) atoms. The highest BCUT2D eigenvalue weighted by molar-refractivity contribution is 6.05. The van der Waals surface area contributed by atoms with Gasteiger partial charge in [0.2, 0.25) is 0 Å². The van der Waals surface area contributed by atoms with Crippen LogP contribution >= 0.6 is 0 Å². The number of carbonyl (C=O) groups excluding carboxylic acids is 2. The number of likely N-dealkylation sites (N-methyl/N-ethyl adjacent to an activating group) is 1. The van der Waals surface area contributed by atoms with E-state index in [2.05, 4.69) is 10.2 Å². The number of nitrogens with one attached hydrogen (secondary N) is 1. The molecule has 1 aliphatic rings. The molecular weight excluding hydrogens is 326 g/mol. The van der Waals surface area contributed by atoms with E-state index in [1.807, 2.05) is 43.4 Å². The van der Waals surface area contributed by atoms with Crippen molar-refractivity contribution in [2.45, 2.75) is 0 Å². The van der Waals surface area contributed by atoms with Gasteiger partial charge in [-0.3, -0.25) is 9.59 Å². The van der Waals surface area contributed by atoms with Gasteiger partial charge in [0.1, 0.15) is 5.70 Å². The predicted molar refractivity (Wildman–Crippen MR) is 102 cm³/mol. The van der Waals surface area contributed by atoms with Gasteiger partial charge in [0.25, 0.3) is 11.8 Å². The fourth-order valence-corrected chi connectivity index (χ4v) is 2.83. The fourth-order valence-electron chi connectivity index (χ4n) is 2.83. The minimum Gasteiger partial charge on any atom is -0.335 e. The van der Waals surface area contributed by atoms with Gasteiger partial charge in [0.05, 0.1) is 0 Å². The highest BCUT2D eigenvalue weighted by Crippen LogP contribution is 2.11. The zero-order valence-electron chi connectivity index (χ0n) is 14.9. The van der Waals surface area contributed by atoms with E-state index in [1.54, 1.807) is 35.2 Å². The van der Waals surface area contributed by atoms with Gasteiger partial charge in [0, 0.05) is 31.7 Å². The molecule has 0 bridgehead atoms. The molecule has 1 aliphatic heterocycles. The van der Waals surface area contributed by atoms with Gasteiger partial charge >= 0.3 is 0 Å². The molecule has 3 rings (SSSR count). The Morgan fingerprint density at radius 3 is 2.08 bits per heavy atom. The van der Waals surface area contributed by atoms with Crippen molar-refractivity contribution in [3.05, 3.63) is 77.5 Å². The summed E-state index contributed by atoms with van der Waals surface area (Å²) < 4.78 is 0. The number of benzene rings is 2. The largest absolute Gasteiger partial charge is 0.335 e. The predicted octanol–water partition coefficient (Wildman–Crippen LogP) is 2.23. The maximum absolute atomic E-state index is 13.0. The third-order valence-electron chi connectivity index (χ3n) is 4.42. The first kappa shape index (κ1) is 17.9. The molecule has 2 aromatic rings. The molecule has 0 aliphatic carbocycles. The second-order valence-electron chi connectivity index (χ2n) is 6.38. The molecule has 0 spiro atoms. The molecule has 1 saturated heterocycles. The van der Waals surface area contributed by atoms with Crippen LogP contribution in [0.1, 0.15) is 15.9 Å². The highest BCUT2D eigenvalue weighted by atomic mass is 16.2. The van der Waals surface area contributed by atoms with Gasteiger partial charge in [-0.1, -0.05) is 48.5 Å². The van der Waals surface area contributed by atoms with Crippen LogP contribution in [-0.4, -0.2) is 54.8 Å². The molecule has 134 valence electrons. The van der Waals surface area contributed by atoms with Crippen LogP contribution in [0.15, 0.2) is 66.4 Å². The van der Waals surface area contributed by atoms with E-state index in [9.17, 15) is 9.59 Å². The van der Waals surface area contributed by atoms with Crippen molar-refractivity contribution in [1.82, 2.24) is 15.1 Å². The highest BCUT2D eigenvalue weighted by Gasteiger charge is 2.23. The standard InChI is InChI=1S/C21H23N3O2/c1-23-12-14-24(15-13-23)21(26)19(16-17-8-4-2-5-9-17)22-20(25)18-10-6-3-7-11-18/h2-11,16H,12-15H2,1H3,(H,22,25)/b19-16-. The second kappa shape index (κ2) is 8.45. The van der Waals surface area contributed by atoms with Crippen LogP contribution in [-0.2, 0) is 4.79 Å². The molecule has 0 atom stereocenters. The minimum absolute atomic E-state index is 0.147. The van der Waals surface area contributed by atoms with Crippen molar-refractivity contribution in [2.24, 2.45) is 0 Å². The summed E-state index contributed by atoms with van der Waals surface area (Å²) in [4.78, 5) is 29.5. The monoisotopic (exact) mass is 349 g/mol. The Morgan fingerprint density at radius 1 is 0.885 bits per heavy atom. The SMILES string of the molecule is CN1CCN(C(=O)/C(=C/c2ccccc2)NC(=O)c2ccccc2)CC1. The van der Waals surface area contributed by atoms with E-state index < -0.39 is 0 Å². The van der Waals surface area contributed by atoms with Crippen molar-refractivity contribution in [3.8, 4) is 0 Å². The average Bonchev–Trinajstić information content (AvgIpc) is 2.69. The molecule has 2 aromatic carbocycles. The quantitative estimate of drug-likeness (QED) is 0.862. The zero-order chi connectivity index (χ0) is 18.4. The zero-order valence-corrected chi connectivity index (χ0v) is 14.9. The average molecular weight is 349 g/mol. The molecule has 0 aromatic heterocycles. The summed E-state index contributed by atoms with van der Waals surface area (Å²) in [6.07, 6.45) is 1.74. The van der Waals surface area contributed by atoms with E-state index in [0.717, 1.165) is 18.7 Å². The Morgan fingerprint density at radius 2 is 1.46 bits per heavy atom. The first-order valence-corrected chi connectivity index (χ1v) is 8.74. The number of amides is 2. The van der Waals surface area contributed by atoms with Crippen LogP contribution in [0.3, 0.4) is 0 Å². The van der Waals surface area contributed by atoms with Gasteiger partial charge in [-0.15, -0.1) is 0 Å². The number of piperazine rings is 1. The number of nitrogens with zero attached hydrogens (tertiary/aromatic N) is 2. The summed E-state index contributed by atoms with van der Waals surface area (Å²) >= 11 is 0. The van der Waals surface area contributed by atoms with E-state index in [4.69, 9.17) is 0 Å². The molecule has 1 N–H and O–H groups in total. The third-order valence-corrected chi connectivity index (χ3v) is 4.42. The van der Waals surface area contributed by atoms with Gasteiger partial charge in [-0.05, 0) is 30.8 Å². The van der Waals surface area contributed by atoms with Crippen LogP contribution in [0.2, 0.25) is 0 Å². The fraction of sp³-hybridized carbons (Fsp3) is 0.238. The topological polar surface area (TPSA) is 52.6 Å². The summed E-state index contributed by atoms with van der Waals surface area (Å²) in [5, 5.41) is 2.81. The molecule has 1 fully saturated rings. The Balaban J connectivity index is 1.83. The second-order valence-corrected chi connectivity index (χ2v) is 6.38. The first-order valence-electron chi connectivity index (χ1n) is 8.74. The maximum atomic E-state index is 13.0. The Kier molecular flexibility index (Phi) is 5.81. The van der Waals surface area contributed by atoms with Crippen molar-refractivity contribution in [2.75, 3.05) is 33.2 Å². The lowest BCUT2D eigenvalue weighted by Crippen LogP contribution is -2.49. The molecule has 0 saturated carbocycles. The Bertz CT molecular complexity index is 779. The lowest BCUT2D eigenvalue weighted by molar-refractivity contribution is -0.128. The van der Waals surface area contributed by atoms with Gasteiger partial charge in [-0.2, -0.15) is 0 Å². The summed E-state index contributed by atoms with van der Waals surface area (Å²) in [6.45, 7) is 2.97. The van der Waals surface area contributed by atoms with Crippen molar-refractivity contribution >= 4 is 17.9 Å². The maximum Gasteiger partial charge on any atom is 0.270 e. The molecule has 5 heteroatoms. The summed E-state index contributed by atoms with van der Waals surface area (Å²) in [5.41, 5.74) is 1.70. The number of rotatable bonds is 4.